The number of rotatable bonds is 4. The van der Waals surface area contributed by atoms with Crippen molar-refractivity contribution in [3.63, 3.8) is 0 Å². The molecule has 164 valence electrons. The Balaban J connectivity index is 1.61. The summed E-state index contributed by atoms with van der Waals surface area (Å²) in [5, 5.41) is 2.25. The predicted octanol–water partition coefficient (Wildman–Crippen LogP) is 8.64. The molecule has 0 radical (unpaired) electrons. The van der Waals surface area contributed by atoms with E-state index in [4.69, 9.17) is 9.40 Å². The van der Waals surface area contributed by atoms with Crippen LogP contribution in [0.15, 0.2) is 120 Å². The van der Waals surface area contributed by atoms with Crippen molar-refractivity contribution in [2.24, 2.45) is 0 Å². The molecular weight excluding hydrogens is 414 g/mol. The Morgan fingerprint density at radius 2 is 1.32 bits per heavy atom. The molecule has 0 aliphatic rings. The van der Waals surface area contributed by atoms with Crippen LogP contribution in [0.4, 0.5) is 0 Å². The molecule has 6 aromatic rings. The first-order valence-corrected chi connectivity index (χ1v) is 11.6. The molecule has 4 aromatic carbocycles. The van der Waals surface area contributed by atoms with Crippen LogP contribution in [0, 0.1) is 0 Å². The van der Waals surface area contributed by atoms with E-state index in [1.165, 1.54) is 16.7 Å². The molecule has 0 N–H and O–H groups in total. The fourth-order valence-corrected chi connectivity index (χ4v) is 4.93. The van der Waals surface area contributed by atoms with E-state index in [2.05, 4.69) is 111 Å². The highest BCUT2D eigenvalue weighted by Crippen LogP contribution is 2.41. The number of hydrogen-bond donors (Lipinski definition) is 0. The molecule has 0 fully saturated rings. The quantitative estimate of drug-likeness (QED) is 0.275. The molecule has 0 unspecified atom stereocenters. The van der Waals surface area contributed by atoms with Crippen LogP contribution in [0.1, 0.15) is 25.0 Å². The average molecular weight is 440 g/mol. The lowest BCUT2D eigenvalue weighted by molar-refractivity contribution is 0.641. The van der Waals surface area contributed by atoms with Crippen molar-refractivity contribution < 1.29 is 4.42 Å². The number of para-hydroxylation sites is 2. The van der Waals surface area contributed by atoms with Gasteiger partial charge in [-0.2, -0.15) is 0 Å². The molecule has 6 rings (SSSR count). The number of hydrogen-bond acceptors (Lipinski definition) is 2. The van der Waals surface area contributed by atoms with E-state index in [0.29, 0.717) is 0 Å². The van der Waals surface area contributed by atoms with Gasteiger partial charge in [0, 0.05) is 33.5 Å². The maximum absolute atomic E-state index is 6.32. The number of benzene rings is 4. The monoisotopic (exact) mass is 439 g/mol. The topological polar surface area (TPSA) is 26.0 Å². The van der Waals surface area contributed by atoms with Crippen molar-refractivity contribution in [3.05, 3.63) is 127 Å². The Bertz CT molecular complexity index is 1610. The van der Waals surface area contributed by atoms with Gasteiger partial charge in [-0.15, -0.1) is 0 Å². The molecule has 0 aliphatic heterocycles. The largest absolute Gasteiger partial charge is 0.455 e. The second kappa shape index (κ2) is 8.00. The maximum atomic E-state index is 6.32. The van der Waals surface area contributed by atoms with E-state index in [0.717, 1.165) is 38.8 Å². The molecule has 0 amide bonds. The van der Waals surface area contributed by atoms with Crippen LogP contribution in [0.3, 0.4) is 0 Å². The number of nitrogens with zero attached hydrogens (tertiary/aromatic N) is 1. The minimum atomic E-state index is -0.216. The highest BCUT2D eigenvalue weighted by Gasteiger charge is 2.27. The summed E-state index contributed by atoms with van der Waals surface area (Å²) >= 11 is 0. The van der Waals surface area contributed by atoms with Gasteiger partial charge in [0.2, 0.25) is 0 Å². The first-order chi connectivity index (χ1) is 16.6. The molecule has 2 heteroatoms. The van der Waals surface area contributed by atoms with Crippen LogP contribution in [0.25, 0.3) is 44.3 Å². The second-order valence-electron chi connectivity index (χ2n) is 9.25. The summed E-state index contributed by atoms with van der Waals surface area (Å²) in [6.45, 7) is 4.57. The van der Waals surface area contributed by atoms with Crippen LogP contribution in [0.5, 0.6) is 0 Å². The van der Waals surface area contributed by atoms with Crippen molar-refractivity contribution >= 4 is 21.9 Å². The normalized spacial score (nSPS) is 11.8. The summed E-state index contributed by atoms with van der Waals surface area (Å²) in [6.07, 6.45) is 2.02. The lowest BCUT2D eigenvalue weighted by Crippen LogP contribution is -2.20. The van der Waals surface area contributed by atoms with Gasteiger partial charge in [-0.1, -0.05) is 105 Å². The fraction of sp³-hybridized carbons (Fsp3) is 0.0938. The third-order valence-electron chi connectivity index (χ3n) is 6.84. The van der Waals surface area contributed by atoms with E-state index in [1.54, 1.807) is 0 Å². The number of fused-ring (bicyclic) bond motifs is 3. The Labute approximate surface area is 199 Å². The zero-order valence-corrected chi connectivity index (χ0v) is 19.3. The van der Waals surface area contributed by atoms with Crippen LogP contribution in [0.2, 0.25) is 0 Å². The SMILES string of the molecule is CC(C)(c1ccccc1)c1cc(-c2cccc3c2oc2ccccc23)ncc1-c1ccccc1. The zero-order valence-electron chi connectivity index (χ0n) is 19.3. The van der Waals surface area contributed by atoms with Gasteiger partial charge in [0.1, 0.15) is 11.2 Å². The standard InChI is InChI=1S/C32H25NO/c1-32(2,23-14-7-4-8-15-23)28-20-29(33-21-27(28)22-12-5-3-6-13-22)26-18-11-17-25-24-16-9-10-19-30(24)34-31(25)26/h3-21H,1-2H3. The van der Waals surface area contributed by atoms with E-state index in [9.17, 15) is 0 Å². The molecule has 0 saturated heterocycles. The molecule has 0 atom stereocenters. The molecule has 0 spiro atoms. The third-order valence-corrected chi connectivity index (χ3v) is 6.84. The number of pyridine rings is 1. The summed E-state index contributed by atoms with van der Waals surface area (Å²) in [7, 11) is 0. The number of aromatic nitrogens is 1. The second-order valence-corrected chi connectivity index (χ2v) is 9.25. The van der Waals surface area contributed by atoms with Gasteiger partial charge in [-0.05, 0) is 34.9 Å². The predicted molar refractivity (Wildman–Crippen MR) is 141 cm³/mol. The van der Waals surface area contributed by atoms with Crippen molar-refractivity contribution in [2.75, 3.05) is 0 Å². The van der Waals surface area contributed by atoms with Crippen molar-refractivity contribution in [1.29, 1.82) is 0 Å². The minimum absolute atomic E-state index is 0.216. The average Bonchev–Trinajstić information content (AvgIpc) is 3.28. The summed E-state index contributed by atoms with van der Waals surface area (Å²) in [4.78, 5) is 4.95. The lowest BCUT2D eigenvalue weighted by Gasteiger charge is -2.29. The van der Waals surface area contributed by atoms with Crippen LogP contribution in [-0.4, -0.2) is 4.98 Å². The molecule has 2 nitrogen and oxygen atoms in total. The first kappa shape index (κ1) is 20.4. The van der Waals surface area contributed by atoms with Gasteiger partial charge in [0.15, 0.2) is 0 Å². The van der Waals surface area contributed by atoms with E-state index < -0.39 is 0 Å². The summed E-state index contributed by atoms with van der Waals surface area (Å²) in [5.41, 5.74) is 8.32. The molecule has 0 saturated carbocycles. The van der Waals surface area contributed by atoms with Gasteiger partial charge in [0.25, 0.3) is 0 Å². The molecule has 0 aliphatic carbocycles. The Kier molecular flexibility index (Phi) is 4.81. The van der Waals surface area contributed by atoms with Crippen molar-refractivity contribution in [3.8, 4) is 22.4 Å². The smallest absolute Gasteiger partial charge is 0.144 e. The molecular formula is C32H25NO. The van der Waals surface area contributed by atoms with Gasteiger partial charge < -0.3 is 4.42 Å². The van der Waals surface area contributed by atoms with E-state index in [1.807, 2.05) is 18.3 Å². The van der Waals surface area contributed by atoms with Crippen LogP contribution >= 0.6 is 0 Å². The maximum Gasteiger partial charge on any atom is 0.144 e. The highest BCUT2D eigenvalue weighted by atomic mass is 16.3. The van der Waals surface area contributed by atoms with E-state index in [-0.39, 0.29) is 5.41 Å². The Hall–Kier alpha value is -4.17. The van der Waals surface area contributed by atoms with Gasteiger partial charge in [0.05, 0.1) is 5.69 Å². The Morgan fingerprint density at radius 1 is 0.647 bits per heavy atom. The third kappa shape index (κ3) is 3.31. The van der Waals surface area contributed by atoms with E-state index >= 15 is 0 Å². The number of furan rings is 1. The minimum Gasteiger partial charge on any atom is -0.455 e. The molecule has 2 aromatic heterocycles. The molecule has 34 heavy (non-hydrogen) atoms. The van der Waals surface area contributed by atoms with Crippen LogP contribution in [-0.2, 0) is 5.41 Å². The van der Waals surface area contributed by atoms with Crippen molar-refractivity contribution in [1.82, 2.24) is 4.98 Å². The molecule has 2 heterocycles. The lowest BCUT2D eigenvalue weighted by atomic mass is 9.75. The summed E-state index contributed by atoms with van der Waals surface area (Å²) in [5.74, 6) is 0. The van der Waals surface area contributed by atoms with Crippen LogP contribution < -0.4 is 0 Å². The first-order valence-electron chi connectivity index (χ1n) is 11.6. The fourth-order valence-electron chi connectivity index (χ4n) is 4.93. The zero-order chi connectivity index (χ0) is 23.1. The summed E-state index contributed by atoms with van der Waals surface area (Å²) < 4.78 is 6.32. The van der Waals surface area contributed by atoms with Crippen molar-refractivity contribution in [2.45, 2.75) is 19.3 Å². The summed E-state index contributed by atoms with van der Waals surface area (Å²) in [6, 6.07) is 38.0. The van der Waals surface area contributed by atoms with Gasteiger partial charge in [-0.25, -0.2) is 0 Å². The Morgan fingerprint density at radius 3 is 2.12 bits per heavy atom. The van der Waals surface area contributed by atoms with Gasteiger partial charge >= 0.3 is 0 Å². The highest BCUT2D eigenvalue weighted by molar-refractivity contribution is 6.09. The molecule has 0 bridgehead atoms. The van der Waals surface area contributed by atoms with Gasteiger partial charge in [-0.3, -0.25) is 4.98 Å².